The van der Waals surface area contributed by atoms with E-state index in [4.69, 9.17) is 0 Å². The van der Waals surface area contributed by atoms with Gasteiger partial charge in [0, 0.05) is 25.6 Å². The fraction of sp³-hybridized carbons (Fsp3) is 0.435. The number of aromatic hydroxyl groups is 1. The number of rotatable bonds is 4. The van der Waals surface area contributed by atoms with E-state index in [-0.39, 0.29) is 24.3 Å². The highest BCUT2D eigenvalue weighted by Crippen LogP contribution is 2.34. The molecule has 0 saturated carbocycles. The summed E-state index contributed by atoms with van der Waals surface area (Å²) in [7, 11) is 0. The van der Waals surface area contributed by atoms with Crippen LogP contribution >= 0.6 is 0 Å². The molecule has 0 bridgehead atoms. The maximum absolute atomic E-state index is 14.9. The van der Waals surface area contributed by atoms with Gasteiger partial charge in [0.25, 0.3) is 0 Å². The zero-order valence-corrected chi connectivity index (χ0v) is 16.8. The minimum absolute atomic E-state index is 0.0580. The highest BCUT2D eigenvalue weighted by molar-refractivity contribution is 5.84. The summed E-state index contributed by atoms with van der Waals surface area (Å²) in [5.41, 5.74) is 1.83. The molecule has 7 heteroatoms. The second-order valence-corrected chi connectivity index (χ2v) is 8.26. The summed E-state index contributed by atoms with van der Waals surface area (Å²) in [6.45, 7) is 3.24. The van der Waals surface area contributed by atoms with Gasteiger partial charge in [0.2, 0.25) is 5.91 Å². The van der Waals surface area contributed by atoms with Crippen molar-refractivity contribution < 1.29 is 23.1 Å². The Hall–Kier alpha value is -2.54. The second kappa shape index (κ2) is 8.30. The molecule has 0 aliphatic carbocycles. The van der Waals surface area contributed by atoms with Crippen LogP contribution in [0.2, 0.25) is 0 Å². The summed E-state index contributed by atoms with van der Waals surface area (Å²) in [5, 5.41) is 9.34. The fourth-order valence-corrected chi connectivity index (χ4v) is 4.51. The number of carbonyl (C=O) groups is 1. The topological polar surface area (TPSA) is 43.8 Å². The van der Waals surface area contributed by atoms with E-state index in [0.29, 0.717) is 43.6 Å². The molecule has 0 spiro atoms. The van der Waals surface area contributed by atoms with E-state index >= 15 is 0 Å². The van der Waals surface area contributed by atoms with Crippen LogP contribution in [0.5, 0.6) is 5.75 Å². The Morgan fingerprint density at radius 1 is 1.07 bits per heavy atom. The summed E-state index contributed by atoms with van der Waals surface area (Å²) in [5.74, 6) is -2.01. The third-order valence-electron chi connectivity index (χ3n) is 6.29. The largest absolute Gasteiger partial charge is 0.505 e. The number of phenols is 1. The molecule has 0 aromatic heterocycles. The van der Waals surface area contributed by atoms with Gasteiger partial charge in [-0.15, -0.1) is 0 Å². The smallest absolute Gasteiger partial charge is 0.240 e. The summed E-state index contributed by atoms with van der Waals surface area (Å²) in [6.07, 6.45) is -0.146. The van der Waals surface area contributed by atoms with E-state index in [1.54, 1.807) is 24.0 Å². The Morgan fingerprint density at radius 3 is 2.57 bits per heavy atom. The Kier molecular flexibility index (Phi) is 5.73. The SMILES string of the molecule is Cc1ccc(CN2CC[C@@H](N3CC[C@H](c4ccc(O)c(F)c4)C(F)C3)C2=O)cc1F. The van der Waals surface area contributed by atoms with Gasteiger partial charge in [-0.05, 0) is 61.2 Å². The lowest BCUT2D eigenvalue weighted by Gasteiger charge is -2.37. The summed E-state index contributed by atoms with van der Waals surface area (Å²) in [4.78, 5) is 16.5. The van der Waals surface area contributed by atoms with Gasteiger partial charge in [0.15, 0.2) is 11.6 Å². The maximum Gasteiger partial charge on any atom is 0.240 e. The molecule has 2 aromatic rings. The molecule has 3 atom stereocenters. The molecule has 160 valence electrons. The van der Waals surface area contributed by atoms with E-state index in [1.165, 1.54) is 18.2 Å². The van der Waals surface area contributed by atoms with Crippen molar-refractivity contribution in [3.63, 3.8) is 0 Å². The number of likely N-dealkylation sites (tertiary alicyclic amines) is 2. The van der Waals surface area contributed by atoms with Gasteiger partial charge in [-0.1, -0.05) is 18.2 Å². The molecular formula is C23H25F3N2O2. The summed E-state index contributed by atoms with van der Waals surface area (Å²) < 4.78 is 42.4. The molecule has 2 saturated heterocycles. The Bertz CT molecular complexity index is 952. The standard InChI is InChI=1S/C23H25F3N2O2/c1-14-2-3-15(10-18(14)24)12-28-9-7-21(23(28)30)27-8-6-17(20(26)13-27)16-4-5-22(29)19(25)11-16/h2-5,10-11,17,20-21,29H,6-9,12-13H2,1H3/t17-,20?,21-/m1/s1. The van der Waals surface area contributed by atoms with E-state index in [2.05, 4.69) is 0 Å². The van der Waals surface area contributed by atoms with Crippen LogP contribution in [0.3, 0.4) is 0 Å². The average Bonchev–Trinajstić information content (AvgIpc) is 3.07. The normalized spacial score (nSPS) is 25.1. The van der Waals surface area contributed by atoms with Crippen molar-refractivity contribution >= 4 is 5.91 Å². The molecule has 4 nitrogen and oxygen atoms in total. The minimum atomic E-state index is -1.23. The average molecular weight is 418 g/mol. The molecule has 2 heterocycles. The second-order valence-electron chi connectivity index (χ2n) is 8.26. The molecule has 2 aliphatic heterocycles. The zero-order chi connectivity index (χ0) is 21.4. The Labute approximate surface area is 173 Å². The van der Waals surface area contributed by atoms with Crippen LogP contribution in [0, 0.1) is 18.6 Å². The number of halogens is 3. The molecule has 4 rings (SSSR count). The number of piperidine rings is 1. The number of amides is 1. The van der Waals surface area contributed by atoms with Crippen LogP contribution in [-0.2, 0) is 11.3 Å². The number of benzene rings is 2. The molecule has 30 heavy (non-hydrogen) atoms. The molecular weight excluding hydrogens is 393 g/mol. The molecule has 2 aliphatic rings. The van der Waals surface area contributed by atoms with Gasteiger partial charge in [-0.25, -0.2) is 13.2 Å². The van der Waals surface area contributed by atoms with Crippen LogP contribution in [0.25, 0.3) is 0 Å². The third kappa shape index (κ3) is 4.03. The van der Waals surface area contributed by atoms with E-state index in [0.717, 1.165) is 5.56 Å². The first-order valence-electron chi connectivity index (χ1n) is 10.2. The minimum Gasteiger partial charge on any atom is -0.505 e. The maximum atomic E-state index is 14.9. The molecule has 0 radical (unpaired) electrons. The highest BCUT2D eigenvalue weighted by Gasteiger charge is 2.40. The lowest BCUT2D eigenvalue weighted by Crippen LogP contribution is -2.49. The lowest BCUT2D eigenvalue weighted by atomic mass is 9.87. The summed E-state index contributed by atoms with van der Waals surface area (Å²) >= 11 is 0. The van der Waals surface area contributed by atoms with Crippen molar-refractivity contribution in [3.8, 4) is 5.75 Å². The highest BCUT2D eigenvalue weighted by atomic mass is 19.1. The van der Waals surface area contributed by atoms with Crippen molar-refractivity contribution in [1.82, 2.24) is 9.80 Å². The van der Waals surface area contributed by atoms with Gasteiger partial charge in [0.1, 0.15) is 12.0 Å². The van der Waals surface area contributed by atoms with Gasteiger partial charge in [-0.3, -0.25) is 9.69 Å². The fourth-order valence-electron chi connectivity index (χ4n) is 4.51. The van der Waals surface area contributed by atoms with Gasteiger partial charge >= 0.3 is 0 Å². The third-order valence-corrected chi connectivity index (χ3v) is 6.29. The molecule has 1 unspecified atom stereocenters. The van der Waals surface area contributed by atoms with Crippen LogP contribution in [0.15, 0.2) is 36.4 Å². The number of nitrogens with zero attached hydrogens (tertiary/aromatic N) is 2. The number of alkyl halides is 1. The molecule has 1 N–H and O–H groups in total. The number of hydrogen-bond acceptors (Lipinski definition) is 3. The van der Waals surface area contributed by atoms with Crippen molar-refractivity contribution in [2.24, 2.45) is 0 Å². The van der Waals surface area contributed by atoms with Crippen LogP contribution in [-0.4, -0.2) is 52.7 Å². The quantitative estimate of drug-likeness (QED) is 0.819. The predicted octanol–water partition coefficient (Wildman–Crippen LogP) is 3.91. The lowest BCUT2D eigenvalue weighted by molar-refractivity contribution is -0.133. The van der Waals surface area contributed by atoms with Crippen LogP contribution < -0.4 is 0 Å². The summed E-state index contributed by atoms with van der Waals surface area (Å²) in [6, 6.07) is 8.58. The van der Waals surface area contributed by atoms with E-state index in [1.807, 2.05) is 11.0 Å². The first-order chi connectivity index (χ1) is 14.3. The first kappa shape index (κ1) is 20.7. The Morgan fingerprint density at radius 2 is 1.87 bits per heavy atom. The predicted molar refractivity (Wildman–Crippen MR) is 107 cm³/mol. The zero-order valence-electron chi connectivity index (χ0n) is 16.8. The van der Waals surface area contributed by atoms with E-state index in [9.17, 15) is 23.1 Å². The Balaban J connectivity index is 1.39. The van der Waals surface area contributed by atoms with E-state index < -0.39 is 23.7 Å². The monoisotopic (exact) mass is 418 g/mol. The van der Waals surface area contributed by atoms with Crippen molar-refractivity contribution in [3.05, 3.63) is 64.7 Å². The number of hydrogen-bond donors (Lipinski definition) is 1. The van der Waals surface area contributed by atoms with Crippen LogP contribution in [0.1, 0.15) is 35.4 Å². The van der Waals surface area contributed by atoms with Gasteiger partial charge in [0.05, 0.1) is 6.04 Å². The number of carbonyl (C=O) groups excluding carboxylic acids is 1. The molecule has 1 amide bonds. The van der Waals surface area contributed by atoms with Crippen molar-refractivity contribution in [2.45, 2.75) is 44.4 Å². The van der Waals surface area contributed by atoms with Crippen molar-refractivity contribution in [1.29, 1.82) is 0 Å². The first-order valence-corrected chi connectivity index (χ1v) is 10.2. The molecule has 2 fully saturated rings. The van der Waals surface area contributed by atoms with Gasteiger partial charge in [-0.2, -0.15) is 0 Å². The van der Waals surface area contributed by atoms with Crippen LogP contribution in [0.4, 0.5) is 13.2 Å². The van der Waals surface area contributed by atoms with Gasteiger partial charge < -0.3 is 10.0 Å². The number of phenolic OH excluding ortho intramolecular Hbond substituents is 1. The number of aryl methyl sites for hydroxylation is 1. The molecule has 2 aromatic carbocycles. The van der Waals surface area contributed by atoms with Crippen molar-refractivity contribution in [2.75, 3.05) is 19.6 Å².